The van der Waals surface area contributed by atoms with Crippen molar-refractivity contribution in [3.05, 3.63) is 134 Å². The molecule has 3 aromatic carbocycles. The summed E-state index contributed by atoms with van der Waals surface area (Å²) >= 11 is 1.40. The summed E-state index contributed by atoms with van der Waals surface area (Å²) in [5.41, 5.74) is 3.32. The van der Waals surface area contributed by atoms with Gasteiger partial charge < -0.3 is 10.1 Å². The highest BCUT2D eigenvalue weighted by Crippen LogP contribution is 2.17. The molecular weight excluding hydrogens is 520 g/mol. The smallest absolute Gasteiger partial charge is 0.343 e. The number of ether oxygens (including phenoxy) is 1. The number of hydrogen-bond donors (Lipinski definition) is 2. The molecule has 0 saturated heterocycles. The SMILES string of the molecule is O=C(N/N=C\c1cccc(OC(=O)c2ccc([N+](=O)[O-])cc2)c1)/C(=C\c1cccs1)NC(=O)c1ccccc1. The van der Waals surface area contributed by atoms with Crippen LogP contribution in [-0.2, 0) is 4.79 Å². The summed E-state index contributed by atoms with van der Waals surface area (Å²) in [6, 6.07) is 23.6. The molecule has 0 aliphatic heterocycles. The van der Waals surface area contributed by atoms with Crippen molar-refractivity contribution in [2.24, 2.45) is 5.10 Å². The number of thiophene rings is 1. The van der Waals surface area contributed by atoms with Crippen molar-refractivity contribution < 1.29 is 24.0 Å². The van der Waals surface area contributed by atoms with E-state index in [0.29, 0.717) is 11.1 Å². The monoisotopic (exact) mass is 540 g/mol. The number of benzene rings is 3. The van der Waals surface area contributed by atoms with E-state index in [1.54, 1.807) is 60.7 Å². The van der Waals surface area contributed by atoms with Gasteiger partial charge in [0.2, 0.25) is 0 Å². The summed E-state index contributed by atoms with van der Waals surface area (Å²) < 4.78 is 5.34. The maximum absolute atomic E-state index is 12.8. The van der Waals surface area contributed by atoms with E-state index in [4.69, 9.17) is 4.74 Å². The van der Waals surface area contributed by atoms with Gasteiger partial charge in [0.05, 0.1) is 16.7 Å². The van der Waals surface area contributed by atoms with Gasteiger partial charge in [-0.05, 0) is 59.5 Å². The molecule has 0 fully saturated rings. The first-order valence-corrected chi connectivity index (χ1v) is 12.3. The molecule has 11 heteroatoms. The zero-order valence-electron chi connectivity index (χ0n) is 20.1. The largest absolute Gasteiger partial charge is 0.423 e. The minimum Gasteiger partial charge on any atom is -0.423 e. The van der Waals surface area contributed by atoms with Crippen molar-refractivity contribution >= 4 is 47.1 Å². The van der Waals surface area contributed by atoms with Crippen LogP contribution in [0.1, 0.15) is 31.2 Å². The van der Waals surface area contributed by atoms with E-state index in [2.05, 4.69) is 15.8 Å². The molecule has 1 heterocycles. The fraction of sp³-hybridized carbons (Fsp3) is 0. The number of rotatable bonds is 9. The van der Waals surface area contributed by atoms with E-state index < -0.39 is 22.7 Å². The van der Waals surface area contributed by atoms with Gasteiger partial charge in [-0.25, -0.2) is 10.2 Å². The molecule has 194 valence electrons. The van der Waals surface area contributed by atoms with Crippen LogP contribution in [0.2, 0.25) is 0 Å². The van der Waals surface area contributed by atoms with Crippen LogP contribution in [0, 0.1) is 10.1 Å². The van der Waals surface area contributed by atoms with Crippen LogP contribution in [0.3, 0.4) is 0 Å². The number of hydrogen-bond acceptors (Lipinski definition) is 8. The molecule has 0 saturated carbocycles. The van der Waals surface area contributed by atoms with Gasteiger partial charge in [0.25, 0.3) is 17.5 Å². The van der Waals surface area contributed by atoms with Crippen LogP contribution in [-0.4, -0.2) is 28.9 Å². The summed E-state index contributed by atoms with van der Waals surface area (Å²) in [7, 11) is 0. The number of nitro groups is 1. The number of nitro benzene ring substituents is 1. The molecule has 0 spiro atoms. The predicted octanol–water partition coefficient (Wildman–Crippen LogP) is 4.80. The van der Waals surface area contributed by atoms with E-state index in [1.807, 2.05) is 11.4 Å². The number of carbonyl (C=O) groups is 3. The molecule has 0 bridgehead atoms. The first kappa shape index (κ1) is 26.6. The molecule has 39 heavy (non-hydrogen) atoms. The second-order valence-corrected chi connectivity index (χ2v) is 8.84. The summed E-state index contributed by atoms with van der Waals surface area (Å²) in [6.45, 7) is 0. The summed E-state index contributed by atoms with van der Waals surface area (Å²) in [4.78, 5) is 48.8. The Morgan fingerprint density at radius 1 is 0.897 bits per heavy atom. The molecule has 0 aliphatic rings. The Bertz CT molecular complexity index is 1550. The van der Waals surface area contributed by atoms with Crippen molar-refractivity contribution in [1.82, 2.24) is 10.7 Å². The molecule has 2 amide bonds. The first-order chi connectivity index (χ1) is 18.9. The maximum atomic E-state index is 12.8. The zero-order valence-corrected chi connectivity index (χ0v) is 21.0. The number of esters is 1. The third-order valence-electron chi connectivity index (χ3n) is 5.12. The van der Waals surface area contributed by atoms with Gasteiger partial charge in [-0.2, -0.15) is 5.10 Å². The van der Waals surface area contributed by atoms with Crippen LogP contribution >= 0.6 is 11.3 Å². The van der Waals surface area contributed by atoms with Gasteiger partial charge in [-0.15, -0.1) is 11.3 Å². The van der Waals surface area contributed by atoms with Crippen LogP contribution in [0.5, 0.6) is 5.75 Å². The van der Waals surface area contributed by atoms with Gasteiger partial charge >= 0.3 is 5.97 Å². The van der Waals surface area contributed by atoms with Crippen LogP contribution in [0.25, 0.3) is 6.08 Å². The Morgan fingerprint density at radius 3 is 2.36 bits per heavy atom. The quantitative estimate of drug-likeness (QED) is 0.0781. The lowest BCUT2D eigenvalue weighted by atomic mass is 10.2. The number of non-ortho nitro benzene ring substituents is 1. The van der Waals surface area contributed by atoms with Gasteiger partial charge in [0, 0.05) is 22.6 Å². The fourth-order valence-electron chi connectivity index (χ4n) is 3.23. The van der Waals surface area contributed by atoms with Crippen LogP contribution in [0.4, 0.5) is 5.69 Å². The van der Waals surface area contributed by atoms with Crippen molar-refractivity contribution in [3.8, 4) is 5.75 Å². The second-order valence-electron chi connectivity index (χ2n) is 7.86. The van der Waals surface area contributed by atoms with Crippen molar-refractivity contribution in [2.75, 3.05) is 0 Å². The lowest BCUT2D eigenvalue weighted by Gasteiger charge is -2.09. The Balaban J connectivity index is 1.41. The third kappa shape index (κ3) is 7.54. The van der Waals surface area contributed by atoms with Gasteiger partial charge in [-0.3, -0.25) is 19.7 Å². The number of amides is 2. The molecule has 0 atom stereocenters. The number of hydrazone groups is 1. The molecular formula is C28H20N4O6S. The average Bonchev–Trinajstić information content (AvgIpc) is 3.46. The lowest BCUT2D eigenvalue weighted by molar-refractivity contribution is -0.384. The Kier molecular flexibility index (Phi) is 8.67. The van der Waals surface area contributed by atoms with Crippen molar-refractivity contribution in [1.29, 1.82) is 0 Å². The highest BCUT2D eigenvalue weighted by Gasteiger charge is 2.15. The number of nitrogens with one attached hydrogen (secondary N) is 2. The highest BCUT2D eigenvalue weighted by atomic mass is 32.1. The van der Waals surface area contributed by atoms with Crippen molar-refractivity contribution in [2.45, 2.75) is 0 Å². The van der Waals surface area contributed by atoms with E-state index in [1.165, 1.54) is 47.9 Å². The Morgan fingerprint density at radius 2 is 1.67 bits per heavy atom. The average molecular weight is 541 g/mol. The molecule has 0 unspecified atom stereocenters. The van der Waals surface area contributed by atoms with Gasteiger partial charge in [-0.1, -0.05) is 36.4 Å². The molecule has 4 aromatic rings. The summed E-state index contributed by atoms with van der Waals surface area (Å²) in [5.74, 6) is -1.56. The highest BCUT2D eigenvalue weighted by molar-refractivity contribution is 7.10. The minimum atomic E-state index is -0.690. The predicted molar refractivity (Wildman–Crippen MR) is 146 cm³/mol. The van der Waals surface area contributed by atoms with E-state index in [0.717, 1.165) is 4.88 Å². The van der Waals surface area contributed by atoms with Crippen molar-refractivity contribution in [3.63, 3.8) is 0 Å². The molecule has 0 aliphatic carbocycles. The molecule has 10 nitrogen and oxygen atoms in total. The van der Waals surface area contributed by atoms with E-state index in [9.17, 15) is 24.5 Å². The number of nitrogens with zero attached hydrogens (tertiary/aromatic N) is 2. The Labute approximate surface area is 226 Å². The standard InChI is InChI=1S/C28H20N4O6S/c33-26(20-7-2-1-3-8-20)30-25(17-24-10-5-15-39-24)27(34)31-29-18-19-6-4-9-23(16-19)38-28(35)21-11-13-22(14-12-21)32(36)37/h1-18H,(H,30,33)(H,31,34)/b25-17+,29-18-. The van der Waals surface area contributed by atoms with E-state index in [-0.39, 0.29) is 22.7 Å². The van der Waals surface area contributed by atoms with Crippen LogP contribution in [0.15, 0.2) is 107 Å². The molecule has 4 rings (SSSR count). The minimum absolute atomic E-state index is 0.00855. The number of carbonyl (C=O) groups excluding carboxylic acids is 3. The Hall–Kier alpha value is -5.42. The maximum Gasteiger partial charge on any atom is 0.343 e. The third-order valence-corrected chi connectivity index (χ3v) is 5.94. The van der Waals surface area contributed by atoms with Gasteiger partial charge in [0.15, 0.2) is 0 Å². The van der Waals surface area contributed by atoms with Gasteiger partial charge in [0.1, 0.15) is 11.4 Å². The zero-order chi connectivity index (χ0) is 27.6. The van der Waals surface area contributed by atoms with Crippen LogP contribution < -0.4 is 15.5 Å². The fourth-order valence-corrected chi connectivity index (χ4v) is 3.88. The summed E-state index contributed by atoms with van der Waals surface area (Å²) in [5, 5.41) is 19.2. The molecule has 1 aromatic heterocycles. The summed E-state index contributed by atoms with van der Waals surface area (Å²) in [6.07, 6.45) is 2.90. The topological polar surface area (TPSA) is 140 Å². The van der Waals surface area contributed by atoms with E-state index >= 15 is 0 Å². The molecule has 0 radical (unpaired) electrons. The second kappa shape index (κ2) is 12.7. The molecule has 2 N–H and O–H groups in total. The lowest BCUT2D eigenvalue weighted by Crippen LogP contribution is -2.32. The first-order valence-electron chi connectivity index (χ1n) is 11.4. The normalized spacial score (nSPS) is 11.1.